The average molecular weight is 395 g/mol. The minimum absolute atomic E-state index is 0.0968. The summed E-state index contributed by atoms with van der Waals surface area (Å²) in [4.78, 5) is 24.5. The molecule has 1 N–H and O–H groups in total. The Hall–Kier alpha value is -2.87. The maximum Gasteiger partial charge on any atom is 0.411 e. The molecule has 1 amide bonds. The number of ether oxygens (including phenoxy) is 2. The van der Waals surface area contributed by atoms with Gasteiger partial charge in [-0.25, -0.2) is 4.79 Å². The van der Waals surface area contributed by atoms with Crippen LogP contribution < -0.4 is 5.32 Å². The van der Waals surface area contributed by atoms with Gasteiger partial charge in [-0.1, -0.05) is 36.4 Å². The van der Waals surface area contributed by atoms with Crippen LogP contribution in [-0.4, -0.2) is 37.4 Å². The van der Waals surface area contributed by atoms with Gasteiger partial charge >= 0.3 is 12.1 Å². The Labute approximate surface area is 160 Å². The number of benzene rings is 2. The van der Waals surface area contributed by atoms with Gasteiger partial charge in [-0.2, -0.15) is 13.2 Å². The smallest absolute Gasteiger partial charge is 0.411 e. The minimum atomic E-state index is -4.54. The average Bonchev–Trinajstić information content (AvgIpc) is 2.66. The Morgan fingerprint density at radius 2 is 1.75 bits per heavy atom. The first-order chi connectivity index (χ1) is 13.2. The van der Waals surface area contributed by atoms with Gasteiger partial charge in [0.25, 0.3) is 5.91 Å². The SMILES string of the molecule is CCOC(=O)c1cc(-c2ccccc2)ccc1NC(=O)C(C)OCC(F)(F)F. The molecule has 0 fully saturated rings. The van der Waals surface area contributed by atoms with E-state index in [0.717, 1.165) is 11.1 Å². The minimum Gasteiger partial charge on any atom is -0.462 e. The summed E-state index contributed by atoms with van der Waals surface area (Å²) in [5, 5.41) is 2.43. The molecule has 8 heteroatoms. The van der Waals surface area contributed by atoms with Crippen molar-refractivity contribution in [1.29, 1.82) is 0 Å². The molecule has 1 unspecified atom stereocenters. The molecule has 0 aliphatic heterocycles. The summed E-state index contributed by atoms with van der Waals surface area (Å²) in [6.45, 7) is 1.43. The summed E-state index contributed by atoms with van der Waals surface area (Å²) < 4.78 is 46.3. The first kappa shape index (κ1) is 21.4. The highest BCUT2D eigenvalue weighted by Crippen LogP contribution is 2.26. The molecule has 0 saturated heterocycles. The summed E-state index contributed by atoms with van der Waals surface area (Å²) in [6.07, 6.45) is -5.90. The molecule has 1 atom stereocenters. The number of anilines is 1. The van der Waals surface area contributed by atoms with Gasteiger partial charge < -0.3 is 14.8 Å². The van der Waals surface area contributed by atoms with Crippen molar-refractivity contribution in [1.82, 2.24) is 0 Å². The standard InChI is InChI=1S/C20H20F3NO4/c1-3-27-19(26)16-11-15(14-7-5-4-6-8-14)9-10-17(16)24-18(25)13(2)28-12-20(21,22)23/h4-11,13H,3,12H2,1-2H3,(H,24,25). The maximum atomic E-state index is 12.3. The molecule has 0 aromatic heterocycles. The Bertz CT molecular complexity index is 822. The number of hydrogen-bond acceptors (Lipinski definition) is 4. The summed E-state index contributed by atoms with van der Waals surface area (Å²) in [5.74, 6) is -1.46. The topological polar surface area (TPSA) is 64.6 Å². The van der Waals surface area contributed by atoms with Gasteiger partial charge in [0.05, 0.1) is 17.9 Å². The van der Waals surface area contributed by atoms with Crippen molar-refractivity contribution in [3.8, 4) is 11.1 Å². The largest absolute Gasteiger partial charge is 0.462 e. The number of carbonyl (C=O) groups is 2. The van der Waals surface area contributed by atoms with Crippen LogP contribution in [0.4, 0.5) is 18.9 Å². The molecule has 150 valence electrons. The van der Waals surface area contributed by atoms with Crippen molar-refractivity contribution in [2.24, 2.45) is 0 Å². The summed E-state index contributed by atoms with van der Waals surface area (Å²) in [5.41, 5.74) is 1.81. The fourth-order valence-corrected chi connectivity index (χ4v) is 2.37. The number of halogens is 3. The van der Waals surface area contributed by atoms with Crippen LogP contribution in [0.1, 0.15) is 24.2 Å². The van der Waals surface area contributed by atoms with Gasteiger partial charge in [-0.3, -0.25) is 4.79 Å². The van der Waals surface area contributed by atoms with E-state index in [9.17, 15) is 22.8 Å². The quantitative estimate of drug-likeness (QED) is 0.704. The molecule has 0 aliphatic carbocycles. The van der Waals surface area contributed by atoms with Crippen LogP contribution in [0.5, 0.6) is 0 Å². The Morgan fingerprint density at radius 3 is 2.36 bits per heavy atom. The Balaban J connectivity index is 2.25. The van der Waals surface area contributed by atoms with E-state index in [-0.39, 0.29) is 17.9 Å². The van der Waals surface area contributed by atoms with Crippen LogP contribution in [0.15, 0.2) is 48.5 Å². The third kappa shape index (κ3) is 6.09. The molecule has 0 aliphatic rings. The predicted molar refractivity (Wildman–Crippen MR) is 97.9 cm³/mol. The predicted octanol–water partition coefficient (Wildman–Crippen LogP) is 4.44. The summed E-state index contributed by atoms with van der Waals surface area (Å²) >= 11 is 0. The molecule has 2 aromatic rings. The van der Waals surface area contributed by atoms with E-state index >= 15 is 0 Å². The van der Waals surface area contributed by atoms with Crippen LogP contribution in [-0.2, 0) is 14.3 Å². The zero-order chi connectivity index (χ0) is 20.7. The zero-order valence-electron chi connectivity index (χ0n) is 15.4. The van der Waals surface area contributed by atoms with Gasteiger partial charge in [0, 0.05) is 0 Å². The van der Waals surface area contributed by atoms with E-state index in [0.29, 0.717) is 0 Å². The van der Waals surface area contributed by atoms with Gasteiger partial charge in [0.2, 0.25) is 0 Å². The second kappa shape index (κ2) is 9.36. The van der Waals surface area contributed by atoms with Crippen LogP contribution in [0.25, 0.3) is 11.1 Å². The normalized spacial score (nSPS) is 12.3. The number of hydrogen-bond donors (Lipinski definition) is 1. The van der Waals surface area contributed by atoms with E-state index < -0.39 is 30.8 Å². The Kier molecular flexibility index (Phi) is 7.17. The van der Waals surface area contributed by atoms with E-state index in [2.05, 4.69) is 10.1 Å². The molecule has 2 aromatic carbocycles. The molecule has 0 spiro atoms. The number of alkyl halides is 3. The first-order valence-corrected chi connectivity index (χ1v) is 8.57. The van der Waals surface area contributed by atoms with E-state index in [1.807, 2.05) is 30.3 Å². The van der Waals surface area contributed by atoms with Gasteiger partial charge in [0.1, 0.15) is 12.7 Å². The van der Waals surface area contributed by atoms with Crippen LogP contribution in [0.3, 0.4) is 0 Å². The highest BCUT2D eigenvalue weighted by atomic mass is 19.4. The molecule has 0 bridgehead atoms. The fourth-order valence-electron chi connectivity index (χ4n) is 2.37. The molecule has 0 heterocycles. The van der Waals surface area contributed by atoms with Gasteiger partial charge in [-0.15, -0.1) is 0 Å². The lowest BCUT2D eigenvalue weighted by atomic mass is 10.0. The second-order valence-electron chi connectivity index (χ2n) is 5.90. The van der Waals surface area contributed by atoms with Crippen molar-refractivity contribution < 1.29 is 32.2 Å². The van der Waals surface area contributed by atoms with Crippen molar-refractivity contribution in [2.45, 2.75) is 26.1 Å². The van der Waals surface area contributed by atoms with Crippen molar-refractivity contribution in [2.75, 3.05) is 18.5 Å². The van der Waals surface area contributed by atoms with Crippen molar-refractivity contribution in [3.05, 3.63) is 54.1 Å². The summed E-state index contributed by atoms with van der Waals surface area (Å²) in [6, 6.07) is 14.0. The van der Waals surface area contributed by atoms with Crippen LogP contribution >= 0.6 is 0 Å². The number of amides is 1. The monoisotopic (exact) mass is 395 g/mol. The van der Waals surface area contributed by atoms with E-state index in [1.165, 1.54) is 13.0 Å². The van der Waals surface area contributed by atoms with E-state index in [1.54, 1.807) is 19.1 Å². The van der Waals surface area contributed by atoms with Crippen molar-refractivity contribution >= 4 is 17.6 Å². The van der Waals surface area contributed by atoms with Gasteiger partial charge in [-0.05, 0) is 37.1 Å². The molecular formula is C20H20F3NO4. The molecule has 2 rings (SSSR count). The highest BCUT2D eigenvalue weighted by Gasteiger charge is 2.30. The molecule has 0 radical (unpaired) electrons. The highest BCUT2D eigenvalue weighted by molar-refractivity contribution is 6.03. The third-order valence-corrected chi connectivity index (χ3v) is 3.75. The van der Waals surface area contributed by atoms with Gasteiger partial charge in [0.15, 0.2) is 0 Å². The van der Waals surface area contributed by atoms with Crippen LogP contribution in [0.2, 0.25) is 0 Å². The summed E-state index contributed by atoms with van der Waals surface area (Å²) in [7, 11) is 0. The second-order valence-corrected chi connectivity index (χ2v) is 5.90. The number of nitrogens with one attached hydrogen (secondary N) is 1. The van der Waals surface area contributed by atoms with Crippen molar-refractivity contribution in [3.63, 3.8) is 0 Å². The van der Waals surface area contributed by atoms with E-state index in [4.69, 9.17) is 4.74 Å². The fraction of sp³-hybridized carbons (Fsp3) is 0.300. The molecule has 5 nitrogen and oxygen atoms in total. The third-order valence-electron chi connectivity index (χ3n) is 3.75. The number of carbonyl (C=O) groups excluding carboxylic acids is 2. The lowest BCUT2D eigenvalue weighted by Gasteiger charge is -2.17. The number of rotatable bonds is 7. The Morgan fingerprint density at radius 1 is 1.07 bits per heavy atom. The van der Waals surface area contributed by atoms with Crippen LogP contribution in [0, 0.1) is 0 Å². The first-order valence-electron chi connectivity index (χ1n) is 8.57. The molecule has 0 saturated carbocycles. The lowest BCUT2D eigenvalue weighted by molar-refractivity contribution is -0.184. The zero-order valence-corrected chi connectivity index (χ0v) is 15.4. The lowest BCUT2D eigenvalue weighted by Crippen LogP contribution is -2.32. The molecular weight excluding hydrogens is 375 g/mol. The maximum absolute atomic E-state index is 12.3. The number of esters is 1. The molecule has 28 heavy (non-hydrogen) atoms.